The summed E-state index contributed by atoms with van der Waals surface area (Å²) in [6.07, 6.45) is 1.31. The number of benzene rings is 1. The number of hydrogen-bond acceptors (Lipinski definition) is 3. The lowest BCUT2D eigenvalue weighted by molar-refractivity contribution is 0.0228. The van der Waals surface area contributed by atoms with Crippen LogP contribution in [0.5, 0.6) is 0 Å². The molecular formula is C15H18N2O. The van der Waals surface area contributed by atoms with Gasteiger partial charge in [-0.3, -0.25) is 4.98 Å². The number of aromatic nitrogens is 1. The summed E-state index contributed by atoms with van der Waals surface area (Å²) in [5.41, 5.74) is 9.19. The molecule has 3 nitrogen and oxygen atoms in total. The largest absolute Gasteiger partial charge is 0.393 e. The van der Waals surface area contributed by atoms with E-state index in [1.807, 2.05) is 25.1 Å². The van der Waals surface area contributed by atoms with Gasteiger partial charge in [0.25, 0.3) is 0 Å². The molecule has 0 saturated heterocycles. The van der Waals surface area contributed by atoms with Gasteiger partial charge in [-0.05, 0) is 37.5 Å². The average Bonchev–Trinajstić information content (AvgIpc) is 2.33. The molecule has 0 aliphatic heterocycles. The summed E-state index contributed by atoms with van der Waals surface area (Å²) in [5, 5.41) is 10.8. The molecule has 1 fully saturated rings. The Morgan fingerprint density at radius 1 is 1.39 bits per heavy atom. The molecule has 1 aliphatic rings. The molecule has 0 unspecified atom stereocenters. The summed E-state index contributed by atoms with van der Waals surface area (Å²) in [7, 11) is 0. The number of hydrogen-bond donors (Lipinski definition) is 2. The first-order valence-electron chi connectivity index (χ1n) is 6.40. The molecule has 1 aromatic heterocycles. The first-order chi connectivity index (χ1) is 8.64. The molecule has 0 atom stereocenters. The van der Waals surface area contributed by atoms with Crippen LogP contribution in [0.1, 0.15) is 24.1 Å². The predicted octanol–water partition coefficient (Wildman–Crippen LogP) is 1.89. The van der Waals surface area contributed by atoms with E-state index in [2.05, 4.69) is 17.1 Å². The molecular weight excluding hydrogens is 224 g/mol. The Kier molecular flexibility index (Phi) is 2.61. The highest BCUT2D eigenvalue weighted by molar-refractivity contribution is 5.83. The summed E-state index contributed by atoms with van der Waals surface area (Å²) < 4.78 is 0. The van der Waals surface area contributed by atoms with E-state index in [1.54, 1.807) is 0 Å². The number of nitrogens with two attached hydrogens (primary N) is 1. The van der Waals surface area contributed by atoms with Gasteiger partial charge in [-0.2, -0.15) is 0 Å². The molecule has 1 aliphatic carbocycles. The summed E-state index contributed by atoms with van der Waals surface area (Å²) in [5.74, 6) is 0. The Morgan fingerprint density at radius 2 is 2.11 bits per heavy atom. The van der Waals surface area contributed by atoms with Crippen LogP contribution in [-0.4, -0.2) is 22.7 Å². The zero-order valence-corrected chi connectivity index (χ0v) is 10.6. The van der Waals surface area contributed by atoms with Crippen molar-refractivity contribution in [3.63, 3.8) is 0 Å². The third-order valence-electron chi connectivity index (χ3n) is 4.06. The number of para-hydroxylation sites is 1. The molecule has 1 saturated carbocycles. The molecule has 2 aromatic rings. The van der Waals surface area contributed by atoms with E-state index in [0.717, 1.165) is 24.1 Å². The van der Waals surface area contributed by atoms with Crippen molar-refractivity contribution in [1.82, 2.24) is 4.98 Å². The van der Waals surface area contributed by atoms with Gasteiger partial charge in [-0.1, -0.05) is 18.2 Å². The third kappa shape index (κ3) is 1.62. The number of nitrogens with zero attached hydrogens (tertiary/aromatic N) is 1. The Morgan fingerprint density at radius 3 is 2.78 bits per heavy atom. The Bertz CT molecular complexity index is 588. The van der Waals surface area contributed by atoms with Crippen molar-refractivity contribution in [3.05, 3.63) is 41.6 Å². The fraction of sp³-hybridized carbons (Fsp3) is 0.400. The molecule has 3 N–H and O–H groups in total. The lowest BCUT2D eigenvalue weighted by atomic mass is 9.62. The number of fused-ring (bicyclic) bond motifs is 1. The first-order valence-corrected chi connectivity index (χ1v) is 6.40. The smallest absolute Gasteiger partial charge is 0.0708 e. The minimum Gasteiger partial charge on any atom is -0.393 e. The highest BCUT2D eigenvalue weighted by Gasteiger charge is 2.44. The number of aryl methyl sites for hydroxylation is 1. The van der Waals surface area contributed by atoms with Gasteiger partial charge in [0.2, 0.25) is 0 Å². The predicted molar refractivity (Wildman–Crippen MR) is 72.5 cm³/mol. The maximum atomic E-state index is 9.65. The number of rotatable bonds is 2. The van der Waals surface area contributed by atoms with Crippen LogP contribution in [0.3, 0.4) is 0 Å². The first kappa shape index (κ1) is 11.6. The van der Waals surface area contributed by atoms with Crippen LogP contribution < -0.4 is 5.73 Å². The van der Waals surface area contributed by atoms with Crippen molar-refractivity contribution < 1.29 is 5.11 Å². The molecule has 0 amide bonds. The molecule has 0 bridgehead atoms. The second kappa shape index (κ2) is 4.04. The van der Waals surface area contributed by atoms with Gasteiger partial charge in [0.05, 0.1) is 11.6 Å². The average molecular weight is 242 g/mol. The molecule has 0 radical (unpaired) electrons. The number of aliphatic hydroxyl groups is 1. The second-order valence-corrected chi connectivity index (χ2v) is 5.37. The van der Waals surface area contributed by atoms with Gasteiger partial charge in [0, 0.05) is 23.0 Å². The maximum Gasteiger partial charge on any atom is 0.0708 e. The van der Waals surface area contributed by atoms with Crippen molar-refractivity contribution >= 4 is 10.9 Å². The van der Waals surface area contributed by atoms with E-state index < -0.39 is 0 Å². The minimum absolute atomic E-state index is 0.0628. The van der Waals surface area contributed by atoms with Crippen LogP contribution in [0, 0.1) is 6.92 Å². The fourth-order valence-electron chi connectivity index (χ4n) is 3.09. The molecule has 3 rings (SSSR count). The van der Waals surface area contributed by atoms with Crippen molar-refractivity contribution in [2.75, 3.05) is 6.54 Å². The summed E-state index contributed by atoms with van der Waals surface area (Å²) in [6, 6.07) is 10.3. The topological polar surface area (TPSA) is 59.1 Å². The van der Waals surface area contributed by atoms with Crippen LogP contribution in [0.2, 0.25) is 0 Å². The summed E-state index contributed by atoms with van der Waals surface area (Å²) in [6.45, 7) is 2.59. The monoisotopic (exact) mass is 242 g/mol. The van der Waals surface area contributed by atoms with Gasteiger partial charge < -0.3 is 10.8 Å². The van der Waals surface area contributed by atoms with Gasteiger partial charge in [0.15, 0.2) is 0 Å². The summed E-state index contributed by atoms with van der Waals surface area (Å²) in [4.78, 5) is 4.56. The Labute approximate surface area is 107 Å². The van der Waals surface area contributed by atoms with E-state index in [0.29, 0.717) is 6.54 Å². The van der Waals surface area contributed by atoms with Crippen molar-refractivity contribution in [3.8, 4) is 0 Å². The third-order valence-corrected chi connectivity index (χ3v) is 4.06. The highest BCUT2D eigenvalue weighted by atomic mass is 16.3. The van der Waals surface area contributed by atoms with E-state index in [1.165, 1.54) is 10.9 Å². The molecule has 0 spiro atoms. The molecule has 3 heteroatoms. The van der Waals surface area contributed by atoms with Crippen molar-refractivity contribution in [2.24, 2.45) is 5.73 Å². The van der Waals surface area contributed by atoms with Gasteiger partial charge in [-0.15, -0.1) is 0 Å². The second-order valence-electron chi connectivity index (χ2n) is 5.37. The van der Waals surface area contributed by atoms with E-state index in [-0.39, 0.29) is 11.5 Å². The zero-order chi connectivity index (χ0) is 12.8. The molecule has 18 heavy (non-hydrogen) atoms. The molecule has 1 heterocycles. The fourth-order valence-corrected chi connectivity index (χ4v) is 3.09. The van der Waals surface area contributed by atoms with Crippen LogP contribution in [-0.2, 0) is 5.41 Å². The lowest BCUT2D eigenvalue weighted by Crippen LogP contribution is -2.50. The highest BCUT2D eigenvalue weighted by Crippen LogP contribution is 2.45. The van der Waals surface area contributed by atoms with Gasteiger partial charge in [-0.25, -0.2) is 0 Å². The van der Waals surface area contributed by atoms with Crippen LogP contribution >= 0.6 is 0 Å². The zero-order valence-electron chi connectivity index (χ0n) is 10.6. The normalized spacial score (nSPS) is 27.2. The van der Waals surface area contributed by atoms with E-state index in [9.17, 15) is 5.11 Å². The van der Waals surface area contributed by atoms with Crippen molar-refractivity contribution in [2.45, 2.75) is 31.3 Å². The van der Waals surface area contributed by atoms with E-state index in [4.69, 9.17) is 5.73 Å². The lowest BCUT2D eigenvalue weighted by Gasteiger charge is -2.45. The van der Waals surface area contributed by atoms with Gasteiger partial charge >= 0.3 is 0 Å². The van der Waals surface area contributed by atoms with E-state index >= 15 is 0 Å². The molecule has 94 valence electrons. The number of pyridine rings is 1. The Hall–Kier alpha value is -1.45. The van der Waals surface area contributed by atoms with Gasteiger partial charge in [0.1, 0.15) is 0 Å². The standard InChI is InChI=1S/C15H18N2O/c1-10-6-13(15(9-16)7-11(18)8-15)12-4-2-3-5-14(12)17-10/h2-6,11,18H,7-9,16H2,1H3. The minimum atomic E-state index is -0.208. The van der Waals surface area contributed by atoms with Crippen LogP contribution in [0.25, 0.3) is 10.9 Å². The maximum absolute atomic E-state index is 9.65. The van der Waals surface area contributed by atoms with Crippen LogP contribution in [0.4, 0.5) is 0 Å². The molecule has 1 aromatic carbocycles. The summed E-state index contributed by atoms with van der Waals surface area (Å²) >= 11 is 0. The quantitative estimate of drug-likeness (QED) is 0.845. The van der Waals surface area contributed by atoms with Crippen molar-refractivity contribution in [1.29, 1.82) is 0 Å². The SMILES string of the molecule is Cc1cc(C2(CN)CC(O)C2)c2ccccc2n1. The number of aliphatic hydroxyl groups excluding tert-OH is 1. The Balaban J connectivity index is 2.22. The van der Waals surface area contributed by atoms with Crippen LogP contribution in [0.15, 0.2) is 30.3 Å².